The Morgan fingerprint density at radius 2 is 1.80 bits per heavy atom. The summed E-state index contributed by atoms with van der Waals surface area (Å²) < 4.78 is 8.05. The van der Waals surface area contributed by atoms with Crippen molar-refractivity contribution in [3.8, 4) is 0 Å². The van der Waals surface area contributed by atoms with Crippen LogP contribution in [0, 0.1) is 5.41 Å². The maximum Gasteiger partial charge on any atom is 0.186 e. The van der Waals surface area contributed by atoms with Crippen LogP contribution in [0.2, 0.25) is 5.15 Å². The molecule has 0 saturated carbocycles. The molecule has 1 rings (SSSR count). The predicted octanol–water partition coefficient (Wildman–Crippen LogP) is 3.82. The summed E-state index contributed by atoms with van der Waals surface area (Å²) in [6.07, 6.45) is 1.04. The van der Waals surface area contributed by atoms with Gasteiger partial charge in [0.1, 0.15) is 0 Å². The fraction of sp³-hybridized carbons (Fsp3) is 0.800. The highest BCUT2D eigenvalue weighted by atomic mass is 35.5. The second-order valence-electron chi connectivity index (χ2n) is 5.65. The minimum Gasteiger partial charge on any atom is -0.362 e. The van der Waals surface area contributed by atoms with Crippen molar-refractivity contribution < 1.29 is 0 Å². The number of aromatic nitrogens is 2. The highest BCUT2D eigenvalue weighted by Crippen LogP contribution is 2.31. The number of rotatable bonds is 3. The van der Waals surface area contributed by atoms with E-state index in [1.807, 2.05) is 0 Å². The van der Waals surface area contributed by atoms with Crippen LogP contribution in [-0.4, -0.2) is 14.3 Å². The van der Waals surface area contributed by atoms with Gasteiger partial charge in [-0.05, 0) is 25.7 Å². The van der Waals surface area contributed by atoms with Gasteiger partial charge in [-0.2, -0.15) is 8.75 Å². The summed E-state index contributed by atoms with van der Waals surface area (Å²) >= 11 is 7.02. The second kappa shape index (κ2) is 4.26. The summed E-state index contributed by atoms with van der Waals surface area (Å²) in [5.74, 6) is 0.691. The first kappa shape index (κ1) is 12.7. The predicted molar refractivity (Wildman–Crippen MR) is 66.7 cm³/mol. The molecule has 0 aliphatic carbocycles. The van der Waals surface area contributed by atoms with Gasteiger partial charge >= 0.3 is 0 Å². The Kier molecular flexibility index (Phi) is 3.61. The quantitative estimate of drug-likeness (QED) is 0.883. The lowest BCUT2D eigenvalue weighted by Crippen LogP contribution is -2.35. The molecular formula is C10H18ClN3S. The number of nitrogens with one attached hydrogen (secondary N) is 1. The van der Waals surface area contributed by atoms with Crippen LogP contribution >= 0.6 is 23.3 Å². The third-order valence-electron chi connectivity index (χ3n) is 1.88. The summed E-state index contributed by atoms with van der Waals surface area (Å²) in [5.41, 5.74) is 0.240. The first-order chi connectivity index (χ1) is 6.70. The van der Waals surface area contributed by atoms with E-state index in [1.165, 1.54) is 0 Å². The van der Waals surface area contributed by atoms with Crippen molar-refractivity contribution in [1.29, 1.82) is 0 Å². The van der Waals surface area contributed by atoms with Gasteiger partial charge in [-0.3, -0.25) is 0 Å². The summed E-state index contributed by atoms with van der Waals surface area (Å²) in [6.45, 7) is 11.0. The molecule has 1 N–H and O–H groups in total. The fourth-order valence-electron chi connectivity index (χ4n) is 1.94. The van der Waals surface area contributed by atoms with Crippen molar-refractivity contribution in [2.24, 2.45) is 5.41 Å². The van der Waals surface area contributed by atoms with Crippen molar-refractivity contribution >= 4 is 29.1 Å². The molecule has 1 aromatic rings. The zero-order valence-corrected chi connectivity index (χ0v) is 11.5. The zero-order valence-electron chi connectivity index (χ0n) is 9.89. The SMILES string of the molecule is CC(C)(C)CC(C)(C)Nc1nsnc1Cl. The van der Waals surface area contributed by atoms with E-state index in [9.17, 15) is 0 Å². The lowest BCUT2D eigenvalue weighted by molar-refractivity contribution is 0.302. The third kappa shape index (κ3) is 4.34. The van der Waals surface area contributed by atoms with Gasteiger partial charge in [-0.15, -0.1) is 0 Å². The molecule has 0 saturated heterocycles. The van der Waals surface area contributed by atoms with Crippen molar-refractivity contribution in [3.63, 3.8) is 0 Å². The molecule has 86 valence electrons. The number of halogens is 1. The minimum absolute atomic E-state index is 0.0301. The smallest absolute Gasteiger partial charge is 0.186 e. The Labute approximate surface area is 101 Å². The van der Waals surface area contributed by atoms with Gasteiger partial charge in [0.15, 0.2) is 11.0 Å². The lowest BCUT2D eigenvalue weighted by Gasteiger charge is -2.33. The van der Waals surface area contributed by atoms with Gasteiger partial charge in [-0.1, -0.05) is 32.4 Å². The van der Waals surface area contributed by atoms with Gasteiger partial charge in [0.05, 0.1) is 11.7 Å². The van der Waals surface area contributed by atoms with Gasteiger partial charge in [-0.25, -0.2) is 0 Å². The Hall–Kier alpha value is -0.350. The molecule has 0 aliphatic heterocycles. The van der Waals surface area contributed by atoms with Crippen molar-refractivity contribution in [2.45, 2.75) is 46.6 Å². The molecule has 3 nitrogen and oxygen atoms in total. The van der Waals surface area contributed by atoms with Crippen LogP contribution in [0.5, 0.6) is 0 Å². The minimum atomic E-state index is -0.0301. The van der Waals surface area contributed by atoms with E-state index < -0.39 is 0 Å². The second-order valence-corrected chi connectivity index (χ2v) is 6.54. The van der Waals surface area contributed by atoms with E-state index in [0.717, 1.165) is 18.1 Å². The molecule has 5 heteroatoms. The number of hydrogen-bond acceptors (Lipinski definition) is 4. The van der Waals surface area contributed by atoms with Crippen LogP contribution in [0.15, 0.2) is 0 Å². The van der Waals surface area contributed by atoms with Gasteiger partial charge in [0.25, 0.3) is 0 Å². The maximum atomic E-state index is 5.89. The molecule has 15 heavy (non-hydrogen) atoms. The molecular weight excluding hydrogens is 230 g/mol. The monoisotopic (exact) mass is 247 g/mol. The van der Waals surface area contributed by atoms with Crippen LogP contribution in [-0.2, 0) is 0 Å². The molecule has 0 atom stereocenters. The Morgan fingerprint density at radius 3 is 2.20 bits per heavy atom. The number of anilines is 1. The van der Waals surface area contributed by atoms with Crippen LogP contribution < -0.4 is 5.32 Å². The van der Waals surface area contributed by atoms with E-state index in [-0.39, 0.29) is 11.0 Å². The van der Waals surface area contributed by atoms with E-state index >= 15 is 0 Å². The normalized spacial score (nSPS) is 12.9. The summed E-state index contributed by atoms with van der Waals surface area (Å²) in [4.78, 5) is 0. The first-order valence-corrected chi connectivity index (χ1v) is 6.07. The molecule has 0 spiro atoms. The summed E-state index contributed by atoms with van der Waals surface area (Å²) in [7, 11) is 0. The topological polar surface area (TPSA) is 37.8 Å². The highest BCUT2D eigenvalue weighted by Gasteiger charge is 2.26. The molecule has 1 heterocycles. The highest BCUT2D eigenvalue weighted by molar-refractivity contribution is 6.99. The third-order valence-corrected chi connectivity index (χ3v) is 2.77. The van der Waals surface area contributed by atoms with E-state index in [1.54, 1.807) is 0 Å². The average Bonchev–Trinajstić information content (AvgIpc) is 2.29. The molecule has 1 aromatic heterocycles. The van der Waals surface area contributed by atoms with Gasteiger partial charge < -0.3 is 5.32 Å². The average molecular weight is 248 g/mol. The summed E-state index contributed by atoms with van der Waals surface area (Å²) in [5, 5.41) is 3.79. The Bertz CT molecular complexity index is 328. The molecule has 0 bridgehead atoms. The molecule has 0 fully saturated rings. The summed E-state index contributed by atoms with van der Waals surface area (Å²) in [6, 6.07) is 0. The Morgan fingerprint density at radius 1 is 1.20 bits per heavy atom. The standard InChI is InChI=1S/C10H18ClN3S/c1-9(2,3)6-10(4,5)12-8-7(11)13-15-14-8/h6H2,1-5H3,(H,12,14). The van der Waals surface area contributed by atoms with E-state index in [2.05, 4.69) is 48.7 Å². The van der Waals surface area contributed by atoms with Crippen LogP contribution in [0.25, 0.3) is 0 Å². The molecule has 0 unspecified atom stereocenters. The maximum absolute atomic E-state index is 5.89. The van der Waals surface area contributed by atoms with Crippen LogP contribution in [0.1, 0.15) is 41.0 Å². The lowest BCUT2D eigenvalue weighted by atomic mass is 9.82. The van der Waals surface area contributed by atoms with Gasteiger partial charge in [0, 0.05) is 5.54 Å². The van der Waals surface area contributed by atoms with Gasteiger partial charge in [0.2, 0.25) is 0 Å². The molecule has 0 amide bonds. The van der Waals surface area contributed by atoms with Crippen LogP contribution in [0.4, 0.5) is 5.82 Å². The molecule has 0 radical (unpaired) electrons. The van der Waals surface area contributed by atoms with E-state index in [0.29, 0.717) is 11.0 Å². The van der Waals surface area contributed by atoms with Crippen LogP contribution in [0.3, 0.4) is 0 Å². The van der Waals surface area contributed by atoms with Crippen molar-refractivity contribution in [3.05, 3.63) is 5.15 Å². The van der Waals surface area contributed by atoms with Crippen molar-refractivity contribution in [2.75, 3.05) is 5.32 Å². The number of hydrogen-bond donors (Lipinski definition) is 1. The number of nitrogens with zero attached hydrogens (tertiary/aromatic N) is 2. The van der Waals surface area contributed by atoms with E-state index in [4.69, 9.17) is 11.6 Å². The fourth-order valence-corrected chi connectivity index (χ4v) is 2.59. The molecule has 0 aromatic carbocycles. The van der Waals surface area contributed by atoms with Crippen molar-refractivity contribution in [1.82, 2.24) is 8.75 Å². The Balaban J connectivity index is 2.68. The largest absolute Gasteiger partial charge is 0.362 e. The first-order valence-electron chi connectivity index (χ1n) is 4.96. The molecule has 0 aliphatic rings. The zero-order chi connectivity index (χ0) is 11.7.